The van der Waals surface area contributed by atoms with Crippen LogP contribution in [-0.4, -0.2) is 58.4 Å². The van der Waals surface area contributed by atoms with Gasteiger partial charge in [-0.05, 0) is 24.3 Å². The second kappa shape index (κ2) is 8.38. The molecule has 31 heavy (non-hydrogen) atoms. The van der Waals surface area contributed by atoms with Crippen molar-refractivity contribution >= 4 is 27.6 Å². The Morgan fingerprint density at radius 2 is 1.52 bits per heavy atom. The van der Waals surface area contributed by atoms with Crippen molar-refractivity contribution in [1.82, 2.24) is 14.5 Å². The van der Waals surface area contributed by atoms with Crippen LogP contribution in [0.5, 0.6) is 0 Å². The molecule has 1 aliphatic heterocycles. The Morgan fingerprint density at radius 1 is 0.871 bits per heavy atom. The number of piperazine rings is 1. The molecule has 6 nitrogen and oxygen atoms in total. The van der Waals surface area contributed by atoms with Gasteiger partial charge in [0.15, 0.2) is 0 Å². The number of para-hydroxylation sites is 2. The molecule has 0 aliphatic carbocycles. The molecule has 3 heterocycles. The van der Waals surface area contributed by atoms with Crippen LogP contribution in [0.3, 0.4) is 0 Å². The van der Waals surface area contributed by atoms with Crippen LogP contribution in [0.25, 0.3) is 21.8 Å². The van der Waals surface area contributed by atoms with Gasteiger partial charge < -0.3 is 14.6 Å². The Hall–Kier alpha value is -3.40. The molecule has 1 atom stereocenters. The maximum Gasteiger partial charge on any atom is 0.146 e. The molecule has 2 aromatic carbocycles. The van der Waals surface area contributed by atoms with Gasteiger partial charge in [0.1, 0.15) is 11.9 Å². The minimum Gasteiger partial charge on any atom is -0.390 e. The molecule has 0 saturated carbocycles. The zero-order chi connectivity index (χ0) is 21.2. The number of aliphatic hydroxyl groups is 1. The van der Waals surface area contributed by atoms with Crippen molar-refractivity contribution in [3.05, 3.63) is 72.4 Å². The van der Waals surface area contributed by atoms with Gasteiger partial charge in [0, 0.05) is 60.7 Å². The summed E-state index contributed by atoms with van der Waals surface area (Å²) < 4.78 is 2.23. The number of nitrogens with zero attached hydrogens (tertiary/aromatic N) is 5. The van der Waals surface area contributed by atoms with E-state index >= 15 is 0 Å². The molecule has 0 amide bonds. The topological polar surface area (TPSA) is 68.3 Å². The van der Waals surface area contributed by atoms with Crippen molar-refractivity contribution in [2.75, 3.05) is 37.6 Å². The van der Waals surface area contributed by atoms with Crippen LogP contribution >= 0.6 is 0 Å². The third-order valence-corrected chi connectivity index (χ3v) is 6.12. The molecule has 1 saturated heterocycles. The summed E-state index contributed by atoms with van der Waals surface area (Å²) in [7, 11) is 0. The summed E-state index contributed by atoms with van der Waals surface area (Å²) in [6, 6.07) is 22.6. The molecular weight excluding hydrogens is 386 g/mol. The standard InChI is InChI=1S/C25H25N5O/c26-16-19-6-5-11-27-25(19)29-14-12-28(13-15-29)17-20(31)18-30-23-9-3-1-7-21(23)22-8-2-4-10-24(22)30/h1-11,20,31H,12-15,17-18H2/t20-/m1/s1. The summed E-state index contributed by atoms with van der Waals surface area (Å²) in [6.45, 7) is 4.47. The monoisotopic (exact) mass is 411 g/mol. The highest BCUT2D eigenvalue weighted by Crippen LogP contribution is 2.29. The van der Waals surface area contributed by atoms with E-state index in [0.717, 1.165) is 43.0 Å². The Morgan fingerprint density at radius 3 is 2.16 bits per heavy atom. The van der Waals surface area contributed by atoms with Gasteiger partial charge in [-0.3, -0.25) is 4.90 Å². The van der Waals surface area contributed by atoms with E-state index in [-0.39, 0.29) is 0 Å². The molecule has 0 radical (unpaired) electrons. The number of hydrogen-bond donors (Lipinski definition) is 1. The first-order valence-electron chi connectivity index (χ1n) is 10.7. The highest BCUT2D eigenvalue weighted by atomic mass is 16.3. The third-order valence-electron chi connectivity index (χ3n) is 6.12. The van der Waals surface area contributed by atoms with Crippen LogP contribution in [-0.2, 0) is 6.54 Å². The minimum absolute atomic E-state index is 0.463. The van der Waals surface area contributed by atoms with E-state index in [2.05, 4.69) is 74.0 Å². The number of nitriles is 1. The molecule has 0 bridgehead atoms. The van der Waals surface area contributed by atoms with E-state index in [1.165, 1.54) is 10.8 Å². The number of fused-ring (bicyclic) bond motifs is 3. The predicted octanol–water partition coefficient (Wildman–Crippen LogP) is 3.24. The van der Waals surface area contributed by atoms with E-state index < -0.39 is 6.10 Å². The summed E-state index contributed by atoms with van der Waals surface area (Å²) in [4.78, 5) is 8.86. The Labute approximate surface area is 181 Å². The lowest BCUT2D eigenvalue weighted by Gasteiger charge is -2.36. The average Bonchev–Trinajstić information content (AvgIpc) is 3.13. The van der Waals surface area contributed by atoms with Gasteiger partial charge in [0.25, 0.3) is 0 Å². The van der Waals surface area contributed by atoms with Crippen molar-refractivity contribution in [1.29, 1.82) is 5.26 Å². The van der Waals surface area contributed by atoms with Crippen molar-refractivity contribution in [3.63, 3.8) is 0 Å². The lowest BCUT2D eigenvalue weighted by atomic mass is 10.2. The predicted molar refractivity (Wildman–Crippen MR) is 123 cm³/mol. The Kier molecular flexibility index (Phi) is 5.29. The number of pyridine rings is 1. The van der Waals surface area contributed by atoms with Crippen LogP contribution < -0.4 is 4.90 Å². The van der Waals surface area contributed by atoms with Crippen molar-refractivity contribution < 1.29 is 5.11 Å². The van der Waals surface area contributed by atoms with Gasteiger partial charge in [0.05, 0.1) is 18.2 Å². The van der Waals surface area contributed by atoms with Gasteiger partial charge in [0.2, 0.25) is 0 Å². The van der Waals surface area contributed by atoms with Crippen LogP contribution in [0.1, 0.15) is 5.56 Å². The number of hydrogen-bond acceptors (Lipinski definition) is 5. The van der Waals surface area contributed by atoms with Gasteiger partial charge in [-0.1, -0.05) is 36.4 Å². The molecule has 0 unspecified atom stereocenters. The first-order valence-corrected chi connectivity index (χ1v) is 10.7. The quantitative estimate of drug-likeness (QED) is 0.546. The second-order valence-corrected chi connectivity index (χ2v) is 8.07. The number of anilines is 1. The molecule has 156 valence electrons. The lowest BCUT2D eigenvalue weighted by Crippen LogP contribution is -2.49. The fourth-order valence-electron chi connectivity index (χ4n) is 4.65. The van der Waals surface area contributed by atoms with E-state index in [0.29, 0.717) is 18.7 Å². The Balaban J connectivity index is 1.27. The smallest absolute Gasteiger partial charge is 0.146 e. The number of aliphatic hydroxyl groups excluding tert-OH is 1. The average molecular weight is 412 g/mol. The maximum absolute atomic E-state index is 10.9. The zero-order valence-electron chi connectivity index (χ0n) is 17.4. The largest absolute Gasteiger partial charge is 0.390 e. The number of aromatic nitrogens is 2. The fourth-order valence-corrected chi connectivity index (χ4v) is 4.65. The van der Waals surface area contributed by atoms with Gasteiger partial charge in [-0.2, -0.15) is 5.26 Å². The van der Waals surface area contributed by atoms with E-state index in [4.69, 9.17) is 0 Å². The summed E-state index contributed by atoms with van der Waals surface area (Å²) in [5.74, 6) is 0.760. The van der Waals surface area contributed by atoms with Crippen molar-refractivity contribution in [3.8, 4) is 6.07 Å². The van der Waals surface area contributed by atoms with E-state index in [1.54, 1.807) is 12.3 Å². The molecule has 4 aromatic rings. The summed E-state index contributed by atoms with van der Waals surface area (Å²) in [5.41, 5.74) is 2.93. The molecule has 1 aliphatic rings. The van der Waals surface area contributed by atoms with Gasteiger partial charge >= 0.3 is 0 Å². The summed E-state index contributed by atoms with van der Waals surface area (Å²) in [6.07, 6.45) is 1.27. The Bertz CT molecular complexity index is 1200. The normalized spacial score (nSPS) is 15.9. The zero-order valence-corrected chi connectivity index (χ0v) is 17.4. The number of rotatable bonds is 5. The lowest BCUT2D eigenvalue weighted by molar-refractivity contribution is 0.0968. The highest BCUT2D eigenvalue weighted by molar-refractivity contribution is 6.07. The number of β-amino-alcohol motifs (C(OH)–C–C–N with tert-alkyl or cyclic N) is 1. The van der Waals surface area contributed by atoms with Crippen molar-refractivity contribution in [2.45, 2.75) is 12.6 Å². The summed E-state index contributed by atoms with van der Waals surface area (Å²) >= 11 is 0. The summed E-state index contributed by atoms with van der Waals surface area (Å²) in [5, 5.41) is 22.7. The van der Waals surface area contributed by atoms with Crippen LogP contribution in [0, 0.1) is 11.3 Å². The van der Waals surface area contributed by atoms with E-state index in [1.807, 2.05) is 6.07 Å². The van der Waals surface area contributed by atoms with Crippen LogP contribution in [0.4, 0.5) is 5.82 Å². The second-order valence-electron chi connectivity index (χ2n) is 8.07. The highest BCUT2D eigenvalue weighted by Gasteiger charge is 2.22. The minimum atomic E-state index is -0.463. The van der Waals surface area contributed by atoms with Crippen LogP contribution in [0.2, 0.25) is 0 Å². The molecule has 2 aromatic heterocycles. The third kappa shape index (κ3) is 3.74. The maximum atomic E-state index is 10.9. The van der Waals surface area contributed by atoms with E-state index in [9.17, 15) is 10.4 Å². The van der Waals surface area contributed by atoms with Crippen molar-refractivity contribution in [2.24, 2.45) is 0 Å². The molecule has 0 spiro atoms. The fraction of sp³-hybridized carbons (Fsp3) is 0.280. The molecule has 1 N–H and O–H groups in total. The molecular formula is C25H25N5O. The first-order chi connectivity index (χ1) is 15.2. The molecule has 5 rings (SSSR count). The van der Waals surface area contributed by atoms with Crippen LogP contribution in [0.15, 0.2) is 66.9 Å². The van der Waals surface area contributed by atoms with Gasteiger partial charge in [-0.15, -0.1) is 0 Å². The SMILES string of the molecule is N#Cc1cccnc1N1CCN(C[C@@H](O)Cn2c3ccccc3c3ccccc32)CC1. The molecule has 6 heteroatoms. The van der Waals surface area contributed by atoms with Gasteiger partial charge in [-0.25, -0.2) is 4.98 Å². The number of benzene rings is 2. The first kappa shape index (κ1) is 19.6. The molecule has 1 fully saturated rings.